The Bertz CT molecular complexity index is 586. The Kier molecular flexibility index (Phi) is 3.92. The molecule has 1 atom stereocenters. The highest BCUT2D eigenvalue weighted by atomic mass is 79.9. The van der Waals surface area contributed by atoms with Gasteiger partial charge >= 0.3 is 0 Å². The van der Waals surface area contributed by atoms with Crippen LogP contribution in [-0.4, -0.2) is 24.1 Å². The molecule has 2 aromatic rings. The van der Waals surface area contributed by atoms with Gasteiger partial charge in [-0.05, 0) is 53.0 Å². The highest BCUT2D eigenvalue weighted by molar-refractivity contribution is 9.10. The van der Waals surface area contributed by atoms with Crippen LogP contribution in [0.1, 0.15) is 12.0 Å². The molecule has 1 saturated heterocycles. The summed E-state index contributed by atoms with van der Waals surface area (Å²) >= 11 is 3.47. The number of pyridine rings is 1. The number of halogens is 1. The smallest absolute Gasteiger partial charge is 0.131 e. The minimum Gasteiger partial charge on any atom is -0.380 e. The molecule has 104 valence electrons. The van der Waals surface area contributed by atoms with Crippen molar-refractivity contribution in [2.75, 3.05) is 23.3 Å². The first-order chi connectivity index (χ1) is 9.72. The van der Waals surface area contributed by atoms with Gasteiger partial charge < -0.3 is 10.2 Å². The quantitative estimate of drug-likeness (QED) is 0.926. The number of hydrogen-bond acceptors (Lipinski definition) is 3. The number of anilines is 2. The molecular weight excluding hydrogens is 314 g/mol. The minimum atomic E-state index is 0.488. The lowest BCUT2D eigenvalue weighted by Gasteiger charge is -2.20. The maximum atomic E-state index is 4.55. The monoisotopic (exact) mass is 331 g/mol. The van der Waals surface area contributed by atoms with Crippen LogP contribution >= 0.6 is 15.9 Å². The fraction of sp³-hybridized carbons (Fsp3) is 0.312. The summed E-state index contributed by atoms with van der Waals surface area (Å²) in [6.07, 6.45) is 3.02. The molecule has 20 heavy (non-hydrogen) atoms. The molecule has 4 heteroatoms. The van der Waals surface area contributed by atoms with E-state index in [9.17, 15) is 0 Å². The van der Waals surface area contributed by atoms with Crippen LogP contribution in [-0.2, 0) is 0 Å². The molecule has 1 N–H and O–H groups in total. The van der Waals surface area contributed by atoms with Crippen LogP contribution in [0.15, 0.2) is 47.1 Å². The summed E-state index contributed by atoms with van der Waals surface area (Å²) < 4.78 is 1.04. The molecule has 0 amide bonds. The van der Waals surface area contributed by atoms with Crippen LogP contribution in [0.5, 0.6) is 0 Å². The standard InChI is InChI=1S/C16H18BrN3/c1-12-9-13(17)10-18-16(12)20-8-7-15(11-20)19-14-5-3-2-4-6-14/h2-6,9-10,15,19H,7-8,11H2,1H3/t15-/m0/s1. The number of benzene rings is 1. The van der Waals surface area contributed by atoms with Crippen molar-refractivity contribution in [3.05, 3.63) is 52.6 Å². The molecule has 0 unspecified atom stereocenters. The van der Waals surface area contributed by atoms with E-state index in [0.717, 1.165) is 29.8 Å². The number of nitrogens with one attached hydrogen (secondary N) is 1. The van der Waals surface area contributed by atoms with Gasteiger partial charge in [-0.2, -0.15) is 0 Å². The Morgan fingerprint density at radius 2 is 2.10 bits per heavy atom. The van der Waals surface area contributed by atoms with E-state index in [4.69, 9.17) is 0 Å². The summed E-state index contributed by atoms with van der Waals surface area (Å²) in [7, 11) is 0. The van der Waals surface area contributed by atoms with Crippen molar-refractivity contribution < 1.29 is 0 Å². The lowest BCUT2D eigenvalue weighted by Crippen LogP contribution is -2.27. The summed E-state index contributed by atoms with van der Waals surface area (Å²) in [4.78, 5) is 6.92. The highest BCUT2D eigenvalue weighted by Gasteiger charge is 2.24. The largest absolute Gasteiger partial charge is 0.380 e. The Hall–Kier alpha value is -1.55. The van der Waals surface area contributed by atoms with Gasteiger partial charge in [-0.25, -0.2) is 4.98 Å². The minimum absolute atomic E-state index is 0.488. The Morgan fingerprint density at radius 1 is 1.30 bits per heavy atom. The van der Waals surface area contributed by atoms with E-state index in [-0.39, 0.29) is 0 Å². The van der Waals surface area contributed by atoms with E-state index < -0.39 is 0 Å². The van der Waals surface area contributed by atoms with Crippen molar-refractivity contribution in [3.63, 3.8) is 0 Å². The van der Waals surface area contributed by atoms with E-state index in [0.29, 0.717) is 6.04 Å². The van der Waals surface area contributed by atoms with Crippen molar-refractivity contribution in [2.24, 2.45) is 0 Å². The molecule has 0 saturated carbocycles. The van der Waals surface area contributed by atoms with Crippen LogP contribution in [0, 0.1) is 6.92 Å². The Labute approximate surface area is 128 Å². The zero-order valence-electron chi connectivity index (χ0n) is 11.5. The molecule has 1 aromatic carbocycles. The average molecular weight is 332 g/mol. The number of rotatable bonds is 3. The molecule has 1 fully saturated rings. The molecule has 3 nitrogen and oxygen atoms in total. The van der Waals surface area contributed by atoms with E-state index >= 15 is 0 Å². The van der Waals surface area contributed by atoms with Crippen LogP contribution in [0.2, 0.25) is 0 Å². The third kappa shape index (κ3) is 2.96. The number of aromatic nitrogens is 1. The Morgan fingerprint density at radius 3 is 2.85 bits per heavy atom. The third-order valence-electron chi connectivity index (χ3n) is 3.65. The third-order valence-corrected chi connectivity index (χ3v) is 4.08. The van der Waals surface area contributed by atoms with E-state index in [2.05, 4.69) is 68.4 Å². The van der Waals surface area contributed by atoms with E-state index in [1.165, 1.54) is 11.3 Å². The maximum Gasteiger partial charge on any atom is 0.131 e. The van der Waals surface area contributed by atoms with Crippen molar-refractivity contribution >= 4 is 27.4 Å². The average Bonchev–Trinajstić information content (AvgIpc) is 2.88. The summed E-state index contributed by atoms with van der Waals surface area (Å²) in [5, 5.41) is 3.59. The van der Waals surface area contributed by atoms with Crippen molar-refractivity contribution in [2.45, 2.75) is 19.4 Å². The lowest BCUT2D eigenvalue weighted by molar-refractivity contribution is 0.806. The lowest BCUT2D eigenvalue weighted by atomic mass is 10.2. The van der Waals surface area contributed by atoms with Gasteiger partial charge in [-0.15, -0.1) is 0 Å². The maximum absolute atomic E-state index is 4.55. The van der Waals surface area contributed by atoms with E-state index in [1.54, 1.807) is 0 Å². The normalized spacial score (nSPS) is 18.3. The van der Waals surface area contributed by atoms with Crippen molar-refractivity contribution in [3.8, 4) is 0 Å². The van der Waals surface area contributed by atoms with Gasteiger partial charge in [0.15, 0.2) is 0 Å². The topological polar surface area (TPSA) is 28.2 Å². The fourth-order valence-electron chi connectivity index (χ4n) is 2.70. The van der Waals surface area contributed by atoms with Gasteiger partial charge in [0.25, 0.3) is 0 Å². The van der Waals surface area contributed by atoms with Gasteiger partial charge in [0.1, 0.15) is 5.82 Å². The first-order valence-corrected chi connectivity index (χ1v) is 7.70. The second-order valence-electron chi connectivity index (χ2n) is 5.24. The molecule has 1 aliphatic rings. The van der Waals surface area contributed by atoms with Crippen molar-refractivity contribution in [1.29, 1.82) is 0 Å². The summed E-state index contributed by atoms with van der Waals surface area (Å²) in [5.41, 5.74) is 2.42. The second kappa shape index (κ2) is 5.83. The summed E-state index contributed by atoms with van der Waals surface area (Å²) in [6, 6.07) is 13.0. The molecule has 0 radical (unpaired) electrons. The zero-order chi connectivity index (χ0) is 13.9. The molecule has 1 aliphatic heterocycles. The zero-order valence-corrected chi connectivity index (χ0v) is 13.1. The predicted molar refractivity (Wildman–Crippen MR) is 87.4 cm³/mol. The summed E-state index contributed by atoms with van der Waals surface area (Å²) in [6.45, 7) is 4.18. The molecule has 3 rings (SSSR count). The van der Waals surface area contributed by atoms with Gasteiger partial charge in [-0.1, -0.05) is 18.2 Å². The van der Waals surface area contributed by atoms with Crippen LogP contribution < -0.4 is 10.2 Å². The molecular formula is C16H18BrN3. The SMILES string of the molecule is Cc1cc(Br)cnc1N1CC[C@H](Nc2ccccc2)C1. The number of para-hydroxylation sites is 1. The summed E-state index contributed by atoms with van der Waals surface area (Å²) in [5.74, 6) is 1.10. The number of aryl methyl sites for hydroxylation is 1. The molecule has 2 heterocycles. The van der Waals surface area contributed by atoms with Crippen LogP contribution in [0.4, 0.5) is 11.5 Å². The predicted octanol–water partition coefficient (Wildman–Crippen LogP) is 3.84. The van der Waals surface area contributed by atoms with E-state index in [1.807, 2.05) is 12.3 Å². The molecule has 1 aromatic heterocycles. The molecule has 0 spiro atoms. The molecule has 0 bridgehead atoms. The highest BCUT2D eigenvalue weighted by Crippen LogP contribution is 2.25. The second-order valence-corrected chi connectivity index (χ2v) is 6.15. The van der Waals surface area contributed by atoms with Gasteiger partial charge in [-0.3, -0.25) is 0 Å². The van der Waals surface area contributed by atoms with Gasteiger partial charge in [0.2, 0.25) is 0 Å². The number of hydrogen-bond donors (Lipinski definition) is 1. The Balaban J connectivity index is 1.67. The van der Waals surface area contributed by atoms with Crippen LogP contribution in [0.25, 0.3) is 0 Å². The fourth-order valence-corrected chi connectivity index (χ4v) is 3.15. The van der Waals surface area contributed by atoms with Gasteiger partial charge in [0, 0.05) is 35.5 Å². The first kappa shape index (κ1) is 13.4. The van der Waals surface area contributed by atoms with Crippen molar-refractivity contribution in [1.82, 2.24) is 4.98 Å². The van der Waals surface area contributed by atoms with Gasteiger partial charge in [0.05, 0.1) is 0 Å². The first-order valence-electron chi connectivity index (χ1n) is 6.91. The molecule has 0 aliphatic carbocycles. The number of nitrogens with zero attached hydrogens (tertiary/aromatic N) is 2. The van der Waals surface area contributed by atoms with Crippen LogP contribution in [0.3, 0.4) is 0 Å².